The predicted molar refractivity (Wildman–Crippen MR) is 87.1 cm³/mol. The molecule has 136 valence electrons. The van der Waals surface area contributed by atoms with Gasteiger partial charge in [0.1, 0.15) is 12.2 Å². The van der Waals surface area contributed by atoms with Crippen molar-refractivity contribution in [1.29, 1.82) is 0 Å². The minimum absolute atomic E-state index is 0.195. The van der Waals surface area contributed by atoms with E-state index < -0.39 is 23.1 Å². The minimum Gasteiger partial charge on any atom is -0.392 e. The minimum atomic E-state index is -4.74. The third-order valence-corrected chi connectivity index (χ3v) is 4.29. The van der Waals surface area contributed by atoms with E-state index in [0.29, 0.717) is 30.5 Å². The molecule has 1 saturated carbocycles. The van der Waals surface area contributed by atoms with Crippen molar-refractivity contribution in [2.75, 3.05) is 13.2 Å². The Hall–Kier alpha value is -2.35. The second-order valence-corrected chi connectivity index (χ2v) is 5.78. The first kappa shape index (κ1) is 19.0. The van der Waals surface area contributed by atoms with Crippen LogP contribution in [0.15, 0.2) is 47.6 Å². The summed E-state index contributed by atoms with van der Waals surface area (Å²) >= 11 is 0. The lowest BCUT2D eigenvalue weighted by atomic mass is 10.0. The molecule has 0 amide bonds. The van der Waals surface area contributed by atoms with E-state index in [4.69, 9.17) is 5.84 Å². The largest absolute Gasteiger partial charge is 0.419 e. The normalized spacial score (nSPS) is 16.9. The summed E-state index contributed by atoms with van der Waals surface area (Å²) < 4.78 is 52.1. The molecule has 0 atom stereocenters. The number of nitrogens with two attached hydrogens (primary N) is 1. The number of aliphatic hydroxyl groups excluding tert-OH is 1. The van der Waals surface area contributed by atoms with Gasteiger partial charge in [-0.2, -0.15) is 18.3 Å². The number of nitrogens with zero attached hydrogens (tertiary/aromatic N) is 2. The highest BCUT2D eigenvalue weighted by atomic mass is 19.4. The maximum Gasteiger partial charge on any atom is 0.419 e. The number of rotatable bonds is 7. The van der Waals surface area contributed by atoms with Crippen LogP contribution in [-0.2, 0) is 11.7 Å². The molecule has 2 rings (SSSR count). The standard InChI is InChI=1S/C17H19F4N3O/c1-2-12(10-25)5-8-24(11-23-22)16(6-7-16)13-3-4-14(15(18)9-13)17(19,20)21/h2-5,9,11,25H,1,6-8,10,22H2/b12-5+,23-11-. The van der Waals surface area contributed by atoms with E-state index in [2.05, 4.69) is 11.7 Å². The summed E-state index contributed by atoms with van der Waals surface area (Å²) in [5, 5.41) is 12.7. The highest BCUT2D eigenvalue weighted by Crippen LogP contribution is 2.51. The predicted octanol–water partition coefficient (Wildman–Crippen LogP) is 3.14. The van der Waals surface area contributed by atoms with E-state index >= 15 is 0 Å². The maximum absolute atomic E-state index is 13.9. The van der Waals surface area contributed by atoms with Crippen molar-refractivity contribution >= 4 is 6.34 Å². The Balaban J connectivity index is 2.34. The molecule has 0 bridgehead atoms. The molecule has 3 N–H and O–H groups in total. The first-order valence-corrected chi connectivity index (χ1v) is 7.58. The molecule has 0 radical (unpaired) electrons. The van der Waals surface area contributed by atoms with Crippen LogP contribution >= 0.6 is 0 Å². The highest BCUT2D eigenvalue weighted by molar-refractivity contribution is 5.59. The van der Waals surface area contributed by atoms with E-state index in [1.807, 2.05) is 0 Å². The molecule has 1 aliphatic carbocycles. The number of halogens is 4. The van der Waals surface area contributed by atoms with Crippen LogP contribution in [0.4, 0.5) is 17.6 Å². The zero-order valence-corrected chi connectivity index (χ0v) is 13.4. The Morgan fingerprint density at radius 1 is 1.40 bits per heavy atom. The van der Waals surface area contributed by atoms with Crippen molar-refractivity contribution in [3.05, 3.63) is 59.4 Å². The lowest BCUT2D eigenvalue weighted by Crippen LogP contribution is -2.35. The monoisotopic (exact) mass is 357 g/mol. The molecular weight excluding hydrogens is 338 g/mol. The van der Waals surface area contributed by atoms with Gasteiger partial charge in [0.2, 0.25) is 0 Å². The first-order chi connectivity index (χ1) is 11.8. The number of benzene rings is 1. The summed E-state index contributed by atoms with van der Waals surface area (Å²) in [6.45, 7) is 3.68. The summed E-state index contributed by atoms with van der Waals surface area (Å²) in [6, 6.07) is 2.94. The van der Waals surface area contributed by atoms with Gasteiger partial charge < -0.3 is 15.8 Å². The van der Waals surface area contributed by atoms with Gasteiger partial charge in [-0.15, -0.1) is 0 Å². The molecular formula is C17H19F4N3O. The second-order valence-electron chi connectivity index (χ2n) is 5.78. The van der Waals surface area contributed by atoms with Crippen molar-refractivity contribution in [3.63, 3.8) is 0 Å². The van der Waals surface area contributed by atoms with Crippen LogP contribution in [0.1, 0.15) is 24.0 Å². The molecule has 1 aromatic carbocycles. The summed E-state index contributed by atoms with van der Waals surface area (Å²) in [5.74, 6) is 3.92. The van der Waals surface area contributed by atoms with Gasteiger partial charge in [0.15, 0.2) is 0 Å². The molecule has 0 aliphatic heterocycles. The average Bonchev–Trinajstić information content (AvgIpc) is 3.35. The molecule has 25 heavy (non-hydrogen) atoms. The van der Waals surface area contributed by atoms with E-state index in [1.165, 1.54) is 18.5 Å². The fourth-order valence-corrected chi connectivity index (χ4v) is 2.74. The Morgan fingerprint density at radius 2 is 2.08 bits per heavy atom. The summed E-state index contributed by atoms with van der Waals surface area (Å²) in [5.41, 5.74) is -0.938. The van der Waals surface area contributed by atoms with Gasteiger partial charge in [0.25, 0.3) is 0 Å². The number of aliphatic hydroxyl groups is 1. The molecule has 1 fully saturated rings. The van der Waals surface area contributed by atoms with Crippen LogP contribution in [0.25, 0.3) is 0 Å². The van der Waals surface area contributed by atoms with Gasteiger partial charge in [-0.1, -0.05) is 24.8 Å². The Bertz CT molecular complexity index is 694. The second kappa shape index (κ2) is 7.26. The van der Waals surface area contributed by atoms with Gasteiger partial charge in [0, 0.05) is 6.54 Å². The SMILES string of the molecule is C=C/C(=C\CN(/C=N\N)C1(c2ccc(C(F)(F)F)c(F)c2)CC1)CO. The van der Waals surface area contributed by atoms with Crippen molar-refractivity contribution < 1.29 is 22.7 Å². The molecule has 0 unspecified atom stereocenters. The molecule has 0 saturated heterocycles. The molecule has 0 spiro atoms. The summed E-state index contributed by atoms with van der Waals surface area (Å²) in [6.07, 6.45) is 1.07. The number of hydrogen-bond acceptors (Lipinski definition) is 3. The van der Waals surface area contributed by atoms with Crippen molar-refractivity contribution in [2.45, 2.75) is 24.6 Å². The van der Waals surface area contributed by atoms with Crippen molar-refractivity contribution in [3.8, 4) is 0 Å². The number of hydrogen-bond donors (Lipinski definition) is 2. The van der Waals surface area contributed by atoms with Gasteiger partial charge in [0.05, 0.1) is 17.7 Å². The van der Waals surface area contributed by atoms with Crippen LogP contribution in [0.3, 0.4) is 0 Å². The third-order valence-electron chi connectivity index (χ3n) is 4.29. The molecule has 0 aromatic heterocycles. The van der Waals surface area contributed by atoms with Crippen LogP contribution in [0.2, 0.25) is 0 Å². The quantitative estimate of drug-likeness (QED) is 0.197. The lowest BCUT2D eigenvalue weighted by Gasteiger charge is -2.30. The molecule has 4 nitrogen and oxygen atoms in total. The average molecular weight is 357 g/mol. The maximum atomic E-state index is 13.9. The van der Waals surface area contributed by atoms with E-state index in [1.54, 1.807) is 11.0 Å². The van der Waals surface area contributed by atoms with Crippen molar-refractivity contribution in [2.24, 2.45) is 10.9 Å². The van der Waals surface area contributed by atoms with Gasteiger partial charge in [-0.3, -0.25) is 0 Å². The molecule has 1 aromatic rings. The van der Waals surface area contributed by atoms with E-state index in [-0.39, 0.29) is 6.61 Å². The highest BCUT2D eigenvalue weighted by Gasteiger charge is 2.49. The summed E-state index contributed by atoms with van der Waals surface area (Å²) in [4.78, 5) is 1.72. The van der Waals surface area contributed by atoms with Gasteiger partial charge in [-0.25, -0.2) is 4.39 Å². The summed E-state index contributed by atoms with van der Waals surface area (Å²) in [7, 11) is 0. The Morgan fingerprint density at radius 3 is 2.52 bits per heavy atom. The van der Waals surface area contributed by atoms with Crippen LogP contribution in [-0.4, -0.2) is 29.5 Å². The third kappa shape index (κ3) is 4.01. The van der Waals surface area contributed by atoms with Crippen LogP contribution in [0, 0.1) is 5.82 Å². The number of hydrazone groups is 1. The van der Waals surface area contributed by atoms with Gasteiger partial charge in [-0.05, 0) is 36.1 Å². The fourth-order valence-electron chi connectivity index (χ4n) is 2.74. The fraction of sp³-hybridized carbons (Fsp3) is 0.353. The zero-order valence-electron chi connectivity index (χ0n) is 13.4. The lowest BCUT2D eigenvalue weighted by molar-refractivity contribution is -0.140. The van der Waals surface area contributed by atoms with Gasteiger partial charge >= 0.3 is 6.18 Å². The molecule has 8 heteroatoms. The molecule has 1 aliphatic rings. The van der Waals surface area contributed by atoms with E-state index in [0.717, 1.165) is 12.1 Å². The van der Waals surface area contributed by atoms with Crippen LogP contribution in [0.5, 0.6) is 0 Å². The Kier molecular flexibility index (Phi) is 5.52. The topological polar surface area (TPSA) is 61.8 Å². The first-order valence-electron chi connectivity index (χ1n) is 7.58. The van der Waals surface area contributed by atoms with Crippen molar-refractivity contribution in [1.82, 2.24) is 4.90 Å². The zero-order chi connectivity index (χ0) is 18.7. The number of alkyl halides is 3. The smallest absolute Gasteiger partial charge is 0.392 e. The van der Waals surface area contributed by atoms with Crippen LogP contribution < -0.4 is 5.84 Å². The van der Waals surface area contributed by atoms with E-state index in [9.17, 15) is 22.7 Å². The Labute approximate surface area is 142 Å². The molecule has 0 heterocycles.